The number of anilines is 1. The fourth-order valence-electron chi connectivity index (χ4n) is 3.48. The van der Waals surface area contributed by atoms with Gasteiger partial charge in [-0.1, -0.05) is 47.5 Å². The van der Waals surface area contributed by atoms with Gasteiger partial charge in [0, 0.05) is 0 Å². The van der Waals surface area contributed by atoms with Gasteiger partial charge < -0.3 is 20.1 Å². The zero-order chi connectivity index (χ0) is 26.5. The maximum absolute atomic E-state index is 12.8. The number of para-hydroxylation sites is 2. The van der Waals surface area contributed by atoms with Gasteiger partial charge in [-0.05, 0) is 76.2 Å². The summed E-state index contributed by atoms with van der Waals surface area (Å²) in [7, 11) is 1.48. The number of benzene rings is 3. The summed E-state index contributed by atoms with van der Waals surface area (Å²) < 4.78 is 11.9. The molecular weight excluding hydrogens is 632 g/mol. The highest BCUT2D eigenvalue weighted by Crippen LogP contribution is 2.27. The summed E-state index contributed by atoms with van der Waals surface area (Å²) in [4.78, 5) is 38.5. The molecule has 37 heavy (non-hydrogen) atoms. The van der Waals surface area contributed by atoms with E-state index >= 15 is 0 Å². The molecule has 1 fully saturated rings. The van der Waals surface area contributed by atoms with Gasteiger partial charge in [0.25, 0.3) is 5.91 Å². The number of urea groups is 1. The van der Waals surface area contributed by atoms with Gasteiger partial charge in [-0.2, -0.15) is 0 Å². The molecule has 3 aromatic carbocycles. The molecule has 2 N–H and O–H groups in total. The van der Waals surface area contributed by atoms with Gasteiger partial charge in [0.2, 0.25) is 5.91 Å². The minimum absolute atomic E-state index is 0.0652. The van der Waals surface area contributed by atoms with E-state index in [-0.39, 0.29) is 5.70 Å². The van der Waals surface area contributed by atoms with Gasteiger partial charge in [-0.25, -0.2) is 9.69 Å². The highest BCUT2D eigenvalue weighted by atomic mass is 127. The number of halogens is 3. The van der Waals surface area contributed by atoms with E-state index in [0.717, 1.165) is 14.0 Å². The van der Waals surface area contributed by atoms with Crippen molar-refractivity contribution in [3.05, 3.63) is 91.1 Å². The smallest absolute Gasteiger partial charge is 0.329 e. The normalized spacial score (nSPS) is 14.1. The summed E-state index contributed by atoms with van der Waals surface area (Å²) in [5.41, 5.74) is 2.05. The van der Waals surface area contributed by atoms with Crippen molar-refractivity contribution in [2.75, 3.05) is 19.0 Å². The number of hydrogen-bond acceptors (Lipinski definition) is 5. The zero-order valence-electron chi connectivity index (χ0n) is 19.4. The summed E-state index contributed by atoms with van der Waals surface area (Å²) >= 11 is 14.1. The highest BCUT2D eigenvalue weighted by Gasteiger charge is 2.35. The average Bonchev–Trinajstić information content (AvgIpc) is 3.13. The van der Waals surface area contributed by atoms with Crippen molar-refractivity contribution < 1.29 is 23.9 Å². The zero-order valence-corrected chi connectivity index (χ0v) is 23.1. The van der Waals surface area contributed by atoms with Crippen molar-refractivity contribution in [2.45, 2.75) is 6.61 Å². The van der Waals surface area contributed by atoms with Crippen LogP contribution in [0.5, 0.6) is 11.5 Å². The van der Waals surface area contributed by atoms with E-state index in [9.17, 15) is 14.4 Å². The van der Waals surface area contributed by atoms with Gasteiger partial charge in [-0.3, -0.25) is 9.59 Å². The van der Waals surface area contributed by atoms with E-state index in [1.54, 1.807) is 54.6 Å². The van der Waals surface area contributed by atoms with E-state index in [1.165, 1.54) is 7.11 Å². The Bertz CT molecular complexity index is 1410. The average molecular weight is 652 g/mol. The maximum atomic E-state index is 12.8. The number of carbonyl (C=O) groups excluding carboxylic acids is 3. The molecule has 1 heterocycles. The van der Waals surface area contributed by atoms with Crippen LogP contribution in [-0.2, 0) is 16.2 Å². The van der Waals surface area contributed by atoms with Gasteiger partial charge in [-0.15, -0.1) is 0 Å². The highest BCUT2D eigenvalue weighted by molar-refractivity contribution is 14.1. The molecule has 0 unspecified atom stereocenters. The summed E-state index contributed by atoms with van der Waals surface area (Å²) in [6.07, 6.45) is 1.54. The second-order valence-corrected chi connectivity index (χ2v) is 9.83. The van der Waals surface area contributed by atoms with Crippen LogP contribution < -0.4 is 20.1 Å². The number of imide groups is 1. The van der Waals surface area contributed by atoms with Crippen LogP contribution in [0.15, 0.2) is 66.4 Å². The molecule has 0 aliphatic carbocycles. The Morgan fingerprint density at radius 3 is 2.57 bits per heavy atom. The SMILES string of the molecule is COc1ccccc1NC(=O)CN1C(=O)N/C(=C/c2ccc(OCc3ccc(Cl)c(Cl)c3)c(I)c2)C1=O. The number of ether oxygens (including phenoxy) is 2. The minimum atomic E-state index is -0.678. The lowest BCUT2D eigenvalue weighted by atomic mass is 10.2. The molecule has 3 aromatic rings. The van der Waals surface area contributed by atoms with Gasteiger partial charge in [0.15, 0.2) is 0 Å². The van der Waals surface area contributed by atoms with Crippen molar-refractivity contribution in [3.8, 4) is 11.5 Å². The summed E-state index contributed by atoms with van der Waals surface area (Å²) in [5.74, 6) is -0.0275. The molecule has 0 spiro atoms. The third-order valence-corrected chi connectivity index (χ3v) is 6.87. The van der Waals surface area contributed by atoms with Crippen LogP contribution in [0.3, 0.4) is 0 Å². The number of methoxy groups -OCH3 is 1. The fraction of sp³-hybridized carbons (Fsp3) is 0.115. The minimum Gasteiger partial charge on any atom is -0.495 e. The third-order valence-electron chi connectivity index (χ3n) is 5.29. The van der Waals surface area contributed by atoms with Crippen molar-refractivity contribution in [1.29, 1.82) is 0 Å². The molecule has 0 aromatic heterocycles. The molecule has 0 saturated carbocycles. The van der Waals surface area contributed by atoms with Crippen LogP contribution in [0.1, 0.15) is 11.1 Å². The predicted molar refractivity (Wildman–Crippen MR) is 150 cm³/mol. The molecule has 1 saturated heterocycles. The summed E-state index contributed by atoms with van der Waals surface area (Å²) in [5, 5.41) is 6.10. The van der Waals surface area contributed by atoms with Crippen molar-refractivity contribution in [3.63, 3.8) is 0 Å². The first kappa shape index (κ1) is 26.8. The third kappa shape index (κ3) is 6.54. The van der Waals surface area contributed by atoms with Crippen LogP contribution >= 0.6 is 45.8 Å². The monoisotopic (exact) mass is 651 g/mol. The lowest BCUT2D eigenvalue weighted by molar-refractivity contribution is -0.127. The summed E-state index contributed by atoms with van der Waals surface area (Å²) in [6.45, 7) is -0.146. The van der Waals surface area contributed by atoms with E-state index in [0.29, 0.717) is 39.4 Å². The summed E-state index contributed by atoms with van der Waals surface area (Å²) in [6, 6.07) is 16.8. The maximum Gasteiger partial charge on any atom is 0.329 e. The van der Waals surface area contributed by atoms with E-state index < -0.39 is 24.4 Å². The largest absolute Gasteiger partial charge is 0.495 e. The second-order valence-electron chi connectivity index (χ2n) is 7.85. The Labute approximate surface area is 236 Å². The van der Waals surface area contributed by atoms with Crippen LogP contribution in [0.2, 0.25) is 10.0 Å². The molecule has 1 aliphatic rings. The van der Waals surface area contributed by atoms with Gasteiger partial charge in [0.1, 0.15) is 30.3 Å². The molecule has 8 nitrogen and oxygen atoms in total. The number of nitrogens with one attached hydrogen (secondary N) is 2. The van der Waals surface area contributed by atoms with E-state index in [1.807, 2.05) is 12.1 Å². The molecule has 0 bridgehead atoms. The van der Waals surface area contributed by atoms with E-state index in [4.69, 9.17) is 32.7 Å². The first-order chi connectivity index (χ1) is 17.7. The fourth-order valence-corrected chi connectivity index (χ4v) is 4.49. The molecule has 0 atom stereocenters. The van der Waals surface area contributed by atoms with Crippen molar-refractivity contribution in [2.24, 2.45) is 0 Å². The van der Waals surface area contributed by atoms with Crippen LogP contribution in [0.4, 0.5) is 10.5 Å². The molecular formula is C26H20Cl2IN3O5. The number of nitrogens with zero attached hydrogens (tertiary/aromatic N) is 1. The Balaban J connectivity index is 1.40. The van der Waals surface area contributed by atoms with Crippen molar-refractivity contribution >= 4 is 75.4 Å². The molecule has 190 valence electrons. The Hall–Kier alpha value is -3.28. The molecule has 1 aliphatic heterocycles. The van der Waals surface area contributed by atoms with Crippen molar-refractivity contribution in [1.82, 2.24) is 10.2 Å². The van der Waals surface area contributed by atoms with Crippen LogP contribution in [-0.4, -0.2) is 36.4 Å². The van der Waals surface area contributed by atoms with E-state index in [2.05, 4.69) is 33.2 Å². The molecule has 4 amide bonds. The Kier molecular flexibility index (Phi) is 8.57. The molecule has 0 radical (unpaired) electrons. The lowest BCUT2D eigenvalue weighted by Gasteiger charge is -2.13. The predicted octanol–water partition coefficient (Wildman–Crippen LogP) is 5.72. The second kappa shape index (κ2) is 11.8. The van der Waals surface area contributed by atoms with Crippen LogP contribution in [0, 0.1) is 3.57 Å². The molecule has 11 heteroatoms. The quantitative estimate of drug-likeness (QED) is 0.185. The number of carbonyl (C=O) groups is 3. The number of hydrogen-bond donors (Lipinski definition) is 2. The van der Waals surface area contributed by atoms with Gasteiger partial charge in [0.05, 0.1) is 26.4 Å². The topological polar surface area (TPSA) is 97.0 Å². The Morgan fingerprint density at radius 1 is 1.05 bits per heavy atom. The Morgan fingerprint density at radius 2 is 1.84 bits per heavy atom. The first-order valence-electron chi connectivity index (χ1n) is 10.9. The van der Waals surface area contributed by atoms with Gasteiger partial charge >= 0.3 is 6.03 Å². The number of rotatable bonds is 8. The van der Waals surface area contributed by atoms with Crippen LogP contribution in [0.25, 0.3) is 6.08 Å². The standard InChI is InChI=1S/C26H20Cl2IN3O5/c1-36-23-5-3-2-4-20(23)30-24(33)13-32-25(34)21(31-26(32)35)12-15-7-9-22(19(29)11-15)37-14-16-6-8-17(27)18(28)10-16/h2-12H,13-14H2,1H3,(H,30,33)(H,31,35)/b21-12+. The first-order valence-corrected chi connectivity index (χ1v) is 12.7. The number of amides is 4. The molecule has 4 rings (SSSR count). The lowest BCUT2D eigenvalue weighted by Crippen LogP contribution is -2.38.